The number of nitrogens with zero attached hydrogens (tertiary/aromatic N) is 3. The van der Waals surface area contributed by atoms with Crippen molar-refractivity contribution in [2.75, 3.05) is 5.73 Å². The Hall–Kier alpha value is -2.36. The molecule has 0 aliphatic heterocycles. The summed E-state index contributed by atoms with van der Waals surface area (Å²) in [6.07, 6.45) is 4.27. The molecule has 1 fully saturated rings. The Bertz CT molecular complexity index is 810. The Morgan fingerprint density at radius 1 is 1.24 bits per heavy atom. The van der Waals surface area contributed by atoms with E-state index in [-0.39, 0.29) is 0 Å². The molecule has 0 atom stereocenters. The van der Waals surface area contributed by atoms with E-state index in [1.165, 1.54) is 12.8 Å². The fourth-order valence-electron chi connectivity index (χ4n) is 2.96. The number of pyridine rings is 1. The lowest BCUT2D eigenvalue weighted by atomic mass is 10.1. The number of nitrogen functional groups attached to an aromatic ring is 1. The minimum Gasteiger partial charge on any atom is -0.383 e. The largest absolute Gasteiger partial charge is 0.383 e. The molecule has 0 saturated heterocycles. The minimum atomic E-state index is 0.587. The van der Waals surface area contributed by atoms with Crippen molar-refractivity contribution in [1.29, 1.82) is 0 Å². The summed E-state index contributed by atoms with van der Waals surface area (Å²) >= 11 is 0. The van der Waals surface area contributed by atoms with Gasteiger partial charge in [0, 0.05) is 29.6 Å². The first-order valence-electron chi connectivity index (χ1n) is 7.49. The Morgan fingerprint density at radius 3 is 2.81 bits per heavy atom. The fourth-order valence-corrected chi connectivity index (χ4v) is 2.96. The van der Waals surface area contributed by atoms with E-state index in [2.05, 4.69) is 34.7 Å². The van der Waals surface area contributed by atoms with Gasteiger partial charge < -0.3 is 10.3 Å². The van der Waals surface area contributed by atoms with Gasteiger partial charge in [-0.15, -0.1) is 0 Å². The molecule has 0 spiro atoms. The van der Waals surface area contributed by atoms with E-state index >= 15 is 0 Å². The number of imidazole rings is 1. The van der Waals surface area contributed by atoms with E-state index in [4.69, 9.17) is 10.7 Å². The second-order valence-electron chi connectivity index (χ2n) is 5.60. The number of para-hydroxylation sites is 1. The lowest BCUT2D eigenvalue weighted by Crippen LogP contribution is -2.04. The molecule has 0 amide bonds. The van der Waals surface area contributed by atoms with Crippen LogP contribution in [-0.2, 0) is 6.54 Å². The van der Waals surface area contributed by atoms with Gasteiger partial charge in [0.2, 0.25) is 0 Å². The molecule has 21 heavy (non-hydrogen) atoms. The first kappa shape index (κ1) is 12.4. The topological polar surface area (TPSA) is 56.7 Å². The van der Waals surface area contributed by atoms with Crippen LogP contribution in [0, 0.1) is 0 Å². The average molecular weight is 278 g/mol. The number of nitrogens with two attached hydrogens (primary N) is 1. The van der Waals surface area contributed by atoms with Crippen LogP contribution in [0.2, 0.25) is 0 Å². The van der Waals surface area contributed by atoms with Gasteiger partial charge in [-0.25, -0.2) is 4.98 Å². The summed E-state index contributed by atoms with van der Waals surface area (Å²) in [4.78, 5) is 9.38. The summed E-state index contributed by atoms with van der Waals surface area (Å²) in [7, 11) is 0. The maximum absolute atomic E-state index is 6.38. The second kappa shape index (κ2) is 4.58. The number of benzene rings is 1. The van der Waals surface area contributed by atoms with Crippen molar-refractivity contribution in [2.45, 2.75) is 32.2 Å². The van der Waals surface area contributed by atoms with Crippen molar-refractivity contribution in [3.8, 4) is 11.3 Å². The molecule has 0 unspecified atom stereocenters. The molecule has 4 rings (SSSR count). The molecule has 3 aromatic rings. The highest BCUT2D eigenvalue weighted by molar-refractivity contribution is 5.94. The number of anilines is 1. The SMILES string of the molecule is CCn1c(C2CC2)nc(-c2cccc3cccnc23)c1N. The van der Waals surface area contributed by atoms with Gasteiger partial charge in [0.15, 0.2) is 0 Å². The van der Waals surface area contributed by atoms with Crippen LogP contribution >= 0.6 is 0 Å². The summed E-state index contributed by atoms with van der Waals surface area (Å²) in [5, 5.41) is 1.12. The third kappa shape index (κ3) is 1.90. The van der Waals surface area contributed by atoms with Crippen LogP contribution in [0.25, 0.3) is 22.2 Å². The molecule has 106 valence electrons. The predicted molar refractivity (Wildman–Crippen MR) is 85.0 cm³/mol. The number of rotatable bonds is 3. The second-order valence-corrected chi connectivity index (χ2v) is 5.60. The van der Waals surface area contributed by atoms with Crippen LogP contribution in [0.3, 0.4) is 0 Å². The molecule has 1 aliphatic carbocycles. The summed E-state index contributed by atoms with van der Waals surface area (Å²) < 4.78 is 2.15. The standard InChI is InChI=1S/C17H18N4/c1-2-21-16(18)15(20-17(21)12-8-9-12)13-7-3-5-11-6-4-10-19-14(11)13/h3-7,10,12H,2,8-9,18H2,1H3. The number of fused-ring (bicyclic) bond motifs is 1. The van der Waals surface area contributed by atoms with Crippen molar-refractivity contribution in [3.05, 3.63) is 42.4 Å². The van der Waals surface area contributed by atoms with Crippen molar-refractivity contribution >= 4 is 16.7 Å². The van der Waals surface area contributed by atoms with Gasteiger partial charge in [0.05, 0.1) is 5.52 Å². The highest BCUT2D eigenvalue weighted by atomic mass is 15.1. The molecule has 1 aromatic carbocycles. The van der Waals surface area contributed by atoms with Crippen molar-refractivity contribution in [1.82, 2.24) is 14.5 Å². The van der Waals surface area contributed by atoms with Crippen molar-refractivity contribution in [3.63, 3.8) is 0 Å². The quantitative estimate of drug-likeness (QED) is 0.796. The van der Waals surface area contributed by atoms with Crippen LogP contribution in [0.1, 0.15) is 31.5 Å². The van der Waals surface area contributed by atoms with Gasteiger partial charge in [-0.2, -0.15) is 0 Å². The van der Waals surface area contributed by atoms with E-state index < -0.39 is 0 Å². The summed E-state index contributed by atoms with van der Waals surface area (Å²) in [6.45, 7) is 2.98. The molecule has 4 heteroatoms. The maximum atomic E-state index is 6.38. The first-order chi connectivity index (χ1) is 10.3. The van der Waals surface area contributed by atoms with Gasteiger partial charge in [0.1, 0.15) is 17.3 Å². The Balaban J connectivity index is 1.96. The predicted octanol–water partition coefficient (Wildman–Crippen LogP) is 3.58. The molecular weight excluding hydrogens is 260 g/mol. The molecule has 2 N–H and O–H groups in total. The summed E-state index contributed by atoms with van der Waals surface area (Å²) in [5.41, 5.74) is 9.25. The minimum absolute atomic E-state index is 0.587. The molecule has 2 aromatic heterocycles. The van der Waals surface area contributed by atoms with Gasteiger partial charge in [-0.1, -0.05) is 24.3 Å². The molecular formula is C17H18N4. The Morgan fingerprint density at radius 2 is 2.05 bits per heavy atom. The summed E-state index contributed by atoms with van der Waals surface area (Å²) in [6, 6.07) is 10.2. The van der Waals surface area contributed by atoms with E-state index in [9.17, 15) is 0 Å². The molecule has 0 radical (unpaired) electrons. The van der Waals surface area contributed by atoms with E-state index in [1.807, 2.05) is 18.3 Å². The monoisotopic (exact) mass is 278 g/mol. The van der Waals surface area contributed by atoms with E-state index in [0.717, 1.165) is 40.3 Å². The zero-order valence-corrected chi connectivity index (χ0v) is 12.1. The zero-order valence-electron chi connectivity index (χ0n) is 12.1. The third-order valence-corrected chi connectivity index (χ3v) is 4.18. The average Bonchev–Trinajstić information content (AvgIpc) is 3.31. The highest BCUT2D eigenvalue weighted by Gasteiger charge is 2.30. The van der Waals surface area contributed by atoms with Gasteiger partial charge in [-0.3, -0.25) is 4.98 Å². The van der Waals surface area contributed by atoms with E-state index in [0.29, 0.717) is 5.92 Å². The molecule has 2 heterocycles. The zero-order chi connectivity index (χ0) is 14.4. The fraction of sp³-hybridized carbons (Fsp3) is 0.294. The van der Waals surface area contributed by atoms with E-state index in [1.54, 1.807) is 0 Å². The normalized spacial score (nSPS) is 14.7. The van der Waals surface area contributed by atoms with Crippen LogP contribution in [0.4, 0.5) is 5.82 Å². The Kier molecular flexibility index (Phi) is 2.70. The summed E-state index contributed by atoms with van der Waals surface area (Å²) in [5.74, 6) is 2.49. The van der Waals surface area contributed by atoms with Crippen LogP contribution in [0.15, 0.2) is 36.5 Å². The molecule has 1 saturated carbocycles. The van der Waals surface area contributed by atoms with Crippen molar-refractivity contribution in [2.24, 2.45) is 0 Å². The van der Waals surface area contributed by atoms with Crippen LogP contribution in [0.5, 0.6) is 0 Å². The van der Waals surface area contributed by atoms with Gasteiger partial charge >= 0.3 is 0 Å². The van der Waals surface area contributed by atoms with Gasteiger partial charge in [0.25, 0.3) is 0 Å². The maximum Gasteiger partial charge on any atom is 0.131 e. The number of hydrogen-bond acceptors (Lipinski definition) is 3. The van der Waals surface area contributed by atoms with Gasteiger partial charge in [-0.05, 0) is 25.8 Å². The highest BCUT2D eigenvalue weighted by Crippen LogP contribution is 2.42. The lowest BCUT2D eigenvalue weighted by Gasteiger charge is -2.06. The van der Waals surface area contributed by atoms with Crippen LogP contribution < -0.4 is 5.73 Å². The van der Waals surface area contributed by atoms with Crippen LogP contribution in [-0.4, -0.2) is 14.5 Å². The number of aromatic nitrogens is 3. The molecule has 4 nitrogen and oxygen atoms in total. The first-order valence-corrected chi connectivity index (χ1v) is 7.49. The third-order valence-electron chi connectivity index (χ3n) is 4.18. The Labute approximate surface area is 123 Å². The smallest absolute Gasteiger partial charge is 0.131 e. The molecule has 1 aliphatic rings. The molecule has 0 bridgehead atoms. The number of hydrogen-bond donors (Lipinski definition) is 1. The van der Waals surface area contributed by atoms with Crippen molar-refractivity contribution < 1.29 is 0 Å². The lowest BCUT2D eigenvalue weighted by molar-refractivity contribution is 0.708.